The summed E-state index contributed by atoms with van der Waals surface area (Å²) in [6, 6.07) is 18.7. The molecule has 156 valence electrons. The number of anilines is 1. The summed E-state index contributed by atoms with van der Waals surface area (Å²) in [5.74, 6) is -0.749. The van der Waals surface area contributed by atoms with Crippen LogP contribution in [0.4, 0.5) is 10.1 Å². The Kier molecular flexibility index (Phi) is 5.86. The zero-order chi connectivity index (χ0) is 22.0. The first-order chi connectivity index (χ1) is 15.0. The number of aryl methyl sites for hydroxylation is 2. The van der Waals surface area contributed by atoms with Gasteiger partial charge >= 0.3 is 0 Å². The van der Waals surface area contributed by atoms with Crippen molar-refractivity contribution in [1.29, 1.82) is 0 Å². The van der Waals surface area contributed by atoms with Gasteiger partial charge < -0.3 is 5.32 Å². The van der Waals surface area contributed by atoms with E-state index in [9.17, 15) is 14.0 Å². The van der Waals surface area contributed by atoms with Crippen molar-refractivity contribution in [2.45, 2.75) is 19.0 Å². The van der Waals surface area contributed by atoms with Crippen molar-refractivity contribution >= 4 is 34.3 Å². The number of carbonyl (C=O) groups excluding carboxylic acids is 1. The second-order valence-corrected chi connectivity index (χ2v) is 8.05. The maximum absolute atomic E-state index is 14.5. The fraction of sp³-hybridized carbons (Fsp3) is 0.125. The van der Waals surface area contributed by atoms with Crippen LogP contribution in [0.5, 0.6) is 0 Å². The molecule has 0 aliphatic carbocycles. The first-order valence-electron chi connectivity index (χ1n) is 9.71. The molecule has 4 aromatic rings. The van der Waals surface area contributed by atoms with Gasteiger partial charge in [-0.05, 0) is 49.2 Å². The Labute approximate surface area is 182 Å². The molecule has 0 aliphatic rings. The molecule has 1 N–H and O–H groups in total. The van der Waals surface area contributed by atoms with Crippen molar-refractivity contribution in [3.05, 3.63) is 94.0 Å². The Bertz CT molecular complexity index is 1330. The summed E-state index contributed by atoms with van der Waals surface area (Å²) in [5.41, 5.74) is 2.91. The van der Waals surface area contributed by atoms with E-state index in [1.54, 1.807) is 36.4 Å². The molecule has 4 rings (SSSR count). The van der Waals surface area contributed by atoms with Crippen LogP contribution in [0.1, 0.15) is 11.1 Å². The van der Waals surface area contributed by atoms with E-state index in [1.165, 1.54) is 16.7 Å². The molecular formula is C24H20FN3O2S. The number of hydrogen-bond acceptors (Lipinski definition) is 4. The average molecular weight is 434 g/mol. The van der Waals surface area contributed by atoms with E-state index in [1.807, 2.05) is 32.0 Å². The molecule has 0 saturated carbocycles. The molecule has 0 unspecified atom stereocenters. The van der Waals surface area contributed by atoms with Crippen LogP contribution in [-0.2, 0) is 4.79 Å². The number of thioether (sulfide) groups is 1. The van der Waals surface area contributed by atoms with Gasteiger partial charge in [0, 0.05) is 5.69 Å². The lowest BCUT2D eigenvalue weighted by Gasteiger charge is -2.14. The van der Waals surface area contributed by atoms with Crippen molar-refractivity contribution in [2.75, 3.05) is 11.1 Å². The molecule has 0 atom stereocenters. The summed E-state index contributed by atoms with van der Waals surface area (Å²) in [4.78, 5) is 30.3. The topological polar surface area (TPSA) is 64.0 Å². The Morgan fingerprint density at radius 3 is 2.42 bits per heavy atom. The zero-order valence-electron chi connectivity index (χ0n) is 17.1. The van der Waals surface area contributed by atoms with E-state index in [0.717, 1.165) is 28.6 Å². The van der Waals surface area contributed by atoms with Crippen LogP contribution in [0.15, 0.2) is 76.7 Å². The number of fused-ring (bicyclic) bond motifs is 1. The number of rotatable bonds is 5. The lowest BCUT2D eigenvalue weighted by Crippen LogP contribution is -2.23. The van der Waals surface area contributed by atoms with Gasteiger partial charge in [0.25, 0.3) is 5.56 Å². The van der Waals surface area contributed by atoms with Crippen LogP contribution in [0.25, 0.3) is 16.6 Å². The third-order valence-electron chi connectivity index (χ3n) is 4.92. The van der Waals surface area contributed by atoms with Gasteiger partial charge in [0.2, 0.25) is 5.91 Å². The monoisotopic (exact) mass is 433 g/mol. The number of halogens is 1. The number of carbonyl (C=O) groups is 1. The molecule has 1 aromatic heterocycles. The molecule has 0 spiro atoms. The van der Waals surface area contributed by atoms with Crippen LogP contribution in [0.2, 0.25) is 0 Å². The van der Waals surface area contributed by atoms with Gasteiger partial charge in [0.15, 0.2) is 5.16 Å². The maximum atomic E-state index is 14.5. The average Bonchev–Trinajstić information content (AvgIpc) is 2.76. The van der Waals surface area contributed by atoms with E-state index in [4.69, 9.17) is 0 Å². The highest BCUT2D eigenvalue weighted by Gasteiger charge is 2.17. The highest BCUT2D eigenvalue weighted by atomic mass is 32.2. The molecular weight excluding hydrogens is 413 g/mol. The molecule has 5 nitrogen and oxygen atoms in total. The Morgan fingerprint density at radius 2 is 1.68 bits per heavy atom. The normalized spacial score (nSPS) is 10.9. The number of amides is 1. The minimum absolute atomic E-state index is 0.0208. The highest BCUT2D eigenvalue weighted by Crippen LogP contribution is 2.24. The van der Waals surface area contributed by atoms with Gasteiger partial charge in [-0.3, -0.25) is 14.2 Å². The van der Waals surface area contributed by atoms with Crippen molar-refractivity contribution in [3.63, 3.8) is 0 Å². The Morgan fingerprint density at radius 1 is 1.00 bits per heavy atom. The Balaban J connectivity index is 1.70. The van der Waals surface area contributed by atoms with Crippen molar-refractivity contribution in [1.82, 2.24) is 9.55 Å². The van der Waals surface area contributed by atoms with Gasteiger partial charge in [0.1, 0.15) is 5.82 Å². The third-order valence-corrected chi connectivity index (χ3v) is 5.85. The number of hydrogen-bond donors (Lipinski definition) is 1. The van der Waals surface area contributed by atoms with E-state index >= 15 is 0 Å². The summed E-state index contributed by atoms with van der Waals surface area (Å²) in [6.45, 7) is 3.85. The fourth-order valence-electron chi connectivity index (χ4n) is 3.37. The largest absolute Gasteiger partial charge is 0.325 e. The molecule has 7 heteroatoms. The van der Waals surface area contributed by atoms with Gasteiger partial charge in [-0.2, -0.15) is 0 Å². The second kappa shape index (κ2) is 8.73. The minimum Gasteiger partial charge on any atom is -0.325 e. The molecule has 1 amide bonds. The third kappa shape index (κ3) is 4.22. The summed E-state index contributed by atoms with van der Waals surface area (Å²) < 4.78 is 15.8. The summed E-state index contributed by atoms with van der Waals surface area (Å²) in [6.07, 6.45) is 0. The lowest BCUT2D eigenvalue weighted by atomic mass is 10.1. The maximum Gasteiger partial charge on any atom is 0.266 e. The van der Waals surface area contributed by atoms with Crippen molar-refractivity contribution in [3.8, 4) is 5.69 Å². The van der Waals surface area contributed by atoms with E-state index < -0.39 is 5.82 Å². The number of aromatic nitrogens is 2. The van der Waals surface area contributed by atoms with Gasteiger partial charge in [-0.1, -0.05) is 54.2 Å². The lowest BCUT2D eigenvalue weighted by molar-refractivity contribution is -0.113. The first-order valence-corrected chi connectivity index (χ1v) is 10.7. The van der Waals surface area contributed by atoms with Gasteiger partial charge in [0.05, 0.1) is 22.3 Å². The van der Waals surface area contributed by atoms with E-state index in [0.29, 0.717) is 10.9 Å². The number of para-hydroxylation sites is 3. The zero-order valence-corrected chi connectivity index (χ0v) is 17.9. The number of benzene rings is 3. The van der Waals surface area contributed by atoms with Gasteiger partial charge in [-0.25, -0.2) is 9.37 Å². The molecule has 0 bridgehead atoms. The molecule has 3 aromatic carbocycles. The molecule has 0 aliphatic heterocycles. The Hall–Kier alpha value is -3.45. The van der Waals surface area contributed by atoms with E-state index in [-0.39, 0.29) is 28.1 Å². The minimum atomic E-state index is -0.538. The molecule has 0 saturated heterocycles. The highest BCUT2D eigenvalue weighted by molar-refractivity contribution is 7.99. The molecule has 0 radical (unpaired) electrons. The summed E-state index contributed by atoms with van der Waals surface area (Å²) in [5, 5.41) is 3.56. The van der Waals surface area contributed by atoms with Crippen molar-refractivity contribution < 1.29 is 9.18 Å². The number of nitrogens with one attached hydrogen (secondary N) is 1. The van der Waals surface area contributed by atoms with Crippen molar-refractivity contribution in [2.24, 2.45) is 0 Å². The van der Waals surface area contributed by atoms with Crippen LogP contribution in [0, 0.1) is 19.7 Å². The van der Waals surface area contributed by atoms with Crippen LogP contribution < -0.4 is 10.9 Å². The molecule has 0 fully saturated rings. The fourth-order valence-corrected chi connectivity index (χ4v) is 4.18. The standard InChI is InChI=1S/C24H20FN3O2S/c1-15-8-7-9-16(2)22(15)27-21(29)14-31-24-26-19-12-5-3-10-17(19)23(30)28(24)20-13-6-4-11-18(20)25/h3-13H,14H2,1-2H3,(H,27,29). The predicted octanol–water partition coefficient (Wildman–Crippen LogP) is 4.87. The predicted molar refractivity (Wildman–Crippen MR) is 123 cm³/mol. The van der Waals surface area contributed by atoms with E-state index in [2.05, 4.69) is 10.3 Å². The molecule has 31 heavy (non-hydrogen) atoms. The number of nitrogens with zero attached hydrogens (tertiary/aromatic N) is 2. The van der Waals surface area contributed by atoms with Crippen LogP contribution in [-0.4, -0.2) is 21.2 Å². The van der Waals surface area contributed by atoms with Gasteiger partial charge in [-0.15, -0.1) is 0 Å². The van der Waals surface area contributed by atoms with Crippen LogP contribution >= 0.6 is 11.8 Å². The molecule has 1 heterocycles. The smallest absolute Gasteiger partial charge is 0.266 e. The second-order valence-electron chi connectivity index (χ2n) is 7.11. The summed E-state index contributed by atoms with van der Waals surface area (Å²) >= 11 is 1.09. The quantitative estimate of drug-likeness (QED) is 0.360. The SMILES string of the molecule is Cc1cccc(C)c1NC(=O)CSc1nc2ccccc2c(=O)n1-c1ccccc1F. The van der Waals surface area contributed by atoms with Crippen LogP contribution in [0.3, 0.4) is 0 Å². The first kappa shape index (κ1) is 20.8. The summed E-state index contributed by atoms with van der Waals surface area (Å²) in [7, 11) is 0.